The number of benzene rings is 2. The summed E-state index contributed by atoms with van der Waals surface area (Å²) in [5, 5.41) is 2.83. The van der Waals surface area contributed by atoms with E-state index in [1.807, 2.05) is 54.6 Å². The van der Waals surface area contributed by atoms with Gasteiger partial charge in [0.15, 0.2) is 0 Å². The molecule has 22 heavy (non-hydrogen) atoms. The van der Waals surface area contributed by atoms with Gasteiger partial charge in [0.05, 0.1) is 0 Å². The van der Waals surface area contributed by atoms with E-state index in [4.69, 9.17) is 4.74 Å². The summed E-state index contributed by atoms with van der Waals surface area (Å²) in [4.78, 5) is 11.8. The maximum atomic E-state index is 11.8. The van der Waals surface area contributed by atoms with Crippen molar-refractivity contribution in [1.82, 2.24) is 5.32 Å². The Morgan fingerprint density at radius 2 is 1.73 bits per heavy atom. The molecule has 0 radical (unpaired) electrons. The molecule has 0 aliphatic heterocycles. The molecule has 1 amide bonds. The van der Waals surface area contributed by atoms with Crippen molar-refractivity contribution in [1.29, 1.82) is 0 Å². The van der Waals surface area contributed by atoms with Crippen molar-refractivity contribution >= 4 is 6.09 Å². The highest BCUT2D eigenvalue weighted by Crippen LogP contribution is 2.18. The summed E-state index contributed by atoms with van der Waals surface area (Å²) in [5.74, 6) is 0.211. The summed E-state index contributed by atoms with van der Waals surface area (Å²) in [5.41, 5.74) is 2.16. The average Bonchev–Trinajstić information content (AvgIpc) is 2.58. The molecule has 0 aromatic heterocycles. The van der Waals surface area contributed by atoms with Crippen LogP contribution in [0.4, 0.5) is 4.79 Å². The standard InChI is InChI=1S/C19H21NO2/c1-2-9-18(17-12-7-4-8-13-17)14-20-19(21)22-15-16-10-5-3-6-11-16/h2-8,10-13,18H,1,9,14-15H2,(H,20,21). The SMILES string of the molecule is C=CCC(CNC(=O)OCc1ccccc1)c1ccccc1. The molecule has 114 valence electrons. The molecule has 0 saturated heterocycles. The molecule has 0 aliphatic carbocycles. The van der Waals surface area contributed by atoms with Gasteiger partial charge in [-0.2, -0.15) is 0 Å². The van der Waals surface area contributed by atoms with Crippen LogP contribution >= 0.6 is 0 Å². The van der Waals surface area contributed by atoms with Crippen molar-refractivity contribution in [3.8, 4) is 0 Å². The fraction of sp³-hybridized carbons (Fsp3) is 0.211. The maximum absolute atomic E-state index is 11.8. The highest BCUT2D eigenvalue weighted by atomic mass is 16.5. The molecule has 1 atom stereocenters. The van der Waals surface area contributed by atoms with Gasteiger partial charge in [0, 0.05) is 12.5 Å². The van der Waals surface area contributed by atoms with E-state index >= 15 is 0 Å². The average molecular weight is 295 g/mol. The van der Waals surface area contributed by atoms with Crippen molar-refractivity contribution in [2.24, 2.45) is 0 Å². The predicted molar refractivity (Wildman–Crippen MR) is 88.6 cm³/mol. The second-order valence-electron chi connectivity index (χ2n) is 5.07. The second-order valence-corrected chi connectivity index (χ2v) is 5.07. The van der Waals surface area contributed by atoms with Crippen LogP contribution in [0.15, 0.2) is 73.3 Å². The fourth-order valence-electron chi connectivity index (χ4n) is 2.24. The Labute approximate surface area is 131 Å². The molecule has 0 saturated carbocycles. The topological polar surface area (TPSA) is 38.3 Å². The number of carbonyl (C=O) groups excluding carboxylic acids is 1. The summed E-state index contributed by atoms with van der Waals surface area (Å²) in [6.45, 7) is 4.60. The minimum atomic E-state index is -0.395. The van der Waals surface area contributed by atoms with E-state index in [1.54, 1.807) is 0 Å². The number of hydrogen-bond donors (Lipinski definition) is 1. The van der Waals surface area contributed by atoms with Crippen molar-refractivity contribution in [2.75, 3.05) is 6.54 Å². The van der Waals surface area contributed by atoms with E-state index in [1.165, 1.54) is 5.56 Å². The Hall–Kier alpha value is -2.55. The summed E-state index contributed by atoms with van der Waals surface area (Å²) in [6.07, 6.45) is 2.28. The van der Waals surface area contributed by atoms with Crippen LogP contribution < -0.4 is 5.32 Å². The lowest BCUT2D eigenvalue weighted by Crippen LogP contribution is -2.28. The Morgan fingerprint density at radius 1 is 1.09 bits per heavy atom. The number of carbonyl (C=O) groups is 1. The van der Waals surface area contributed by atoms with Crippen LogP contribution in [0.25, 0.3) is 0 Å². The molecule has 2 aromatic carbocycles. The molecule has 3 nitrogen and oxygen atoms in total. The number of allylic oxidation sites excluding steroid dienone is 1. The van der Waals surface area contributed by atoms with Gasteiger partial charge in [-0.05, 0) is 17.5 Å². The van der Waals surface area contributed by atoms with E-state index in [9.17, 15) is 4.79 Å². The third-order valence-corrected chi connectivity index (χ3v) is 3.43. The molecule has 2 aromatic rings. The Kier molecular flexibility index (Phi) is 6.24. The van der Waals surface area contributed by atoms with Gasteiger partial charge in [-0.1, -0.05) is 66.7 Å². The van der Waals surface area contributed by atoms with Crippen molar-refractivity contribution in [3.63, 3.8) is 0 Å². The summed E-state index contributed by atoms with van der Waals surface area (Å²) >= 11 is 0. The molecule has 0 bridgehead atoms. The minimum absolute atomic E-state index is 0.211. The van der Waals surface area contributed by atoms with Crippen LogP contribution in [-0.2, 0) is 11.3 Å². The zero-order chi connectivity index (χ0) is 15.6. The van der Waals surface area contributed by atoms with Gasteiger partial charge < -0.3 is 10.1 Å². The van der Waals surface area contributed by atoms with Crippen LogP contribution in [0.3, 0.4) is 0 Å². The summed E-state index contributed by atoms with van der Waals surface area (Å²) in [7, 11) is 0. The number of rotatable bonds is 7. The van der Waals surface area contributed by atoms with Crippen LogP contribution in [0.5, 0.6) is 0 Å². The van der Waals surface area contributed by atoms with Crippen LogP contribution in [0.1, 0.15) is 23.5 Å². The predicted octanol–water partition coefficient (Wildman–Crippen LogP) is 4.27. The first-order valence-corrected chi connectivity index (χ1v) is 7.40. The molecular weight excluding hydrogens is 274 g/mol. The lowest BCUT2D eigenvalue weighted by atomic mass is 9.96. The van der Waals surface area contributed by atoms with Crippen molar-refractivity contribution in [3.05, 3.63) is 84.4 Å². The van der Waals surface area contributed by atoms with Gasteiger partial charge >= 0.3 is 6.09 Å². The molecule has 0 aliphatic rings. The first-order valence-electron chi connectivity index (χ1n) is 7.40. The van der Waals surface area contributed by atoms with E-state index in [0.717, 1.165) is 12.0 Å². The van der Waals surface area contributed by atoms with Crippen LogP contribution in [-0.4, -0.2) is 12.6 Å². The quantitative estimate of drug-likeness (QED) is 0.775. The molecular formula is C19H21NO2. The van der Waals surface area contributed by atoms with Crippen LogP contribution in [0.2, 0.25) is 0 Å². The molecule has 1 unspecified atom stereocenters. The number of ether oxygens (including phenoxy) is 1. The Bertz CT molecular complexity index is 581. The highest BCUT2D eigenvalue weighted by molar-refractivity contribution is 5.67. The Morgan fingerprint density at radius 3 is 2.36 bits per heavy atom. The molecule has 3 heteroatoms. The number of hydrogen-bond acceptors (Lipinski definition) is 2. The van der Waals surface area contributed by atoms with E-state index in [2.05, 4.69) is 24.0 Å². The molecule has 1 N–H and O–H groups in total. The minimum Gasteiger partial charge on any atom is -0.445 e. The third-order valence-electron chi connectivity index (χ3n) is 3.43. The highest BCUT2D eigenvalue weighted by Gasteiger charge is 2.11. The van der Waals surface area contributed by atoms with Gasteiger partial charge in [0.25, 0.3) is 0 Å². The summed E-state index contributed by atoms with van der Waals surface area (Å²) in [6, 6.07) is 19.7. The number of alkyl carbamates (subject to hydrolysis) is 1. The smallest absolute Gasteiger partial charge is 0.407 e. The fourth-order valence-corrected chi connectivity index (χ4v) is 2.24. The molecule has 0 spiro atoms. The maximum Gasteiger partial charge on any atom is 0.407 e. The van der Waals surface area contributed by atoms with E-state index in [0.29, 0.717) is 6.54 Å². The number of amides is 1. The Balaban J connectivity index is 1.81. The van der Waals surface area contributed by atoms with Gasteiger partial charge in [-0.25, -0.2) is 4.79 Å². The van der Waals surface area contributed by atoms with Gasteiger partial charge in [-0.15, -0.1) is 6.58 Å². The van der Waals surface area contributed by atoms with Crippen LogP contribution in [0, 0.1) is 0 Å². The first kappa shape index (κ1) is 15.8. The summed E-state index contributed by atoms with van der Waals surface area (Å²) < 4.78 is 5.22. The normalized spacial score (nSPS) is 11.5. The molecule has 2 rings (SSSR count). The number of nitrogens with one attached hydrogen (secondary N) is 1. The van der Waals surface area contributed by atoms with Crippen molar-refractivity contribution < 1.29 is 9.53 Å². The third kappa shape index (κ3) is 5.09. The molecule has 0 fully saturated rings. The van der Waals surface area contributed by atoms with Gasteiger partial charge in [-0.3, -0.25) is 0 Å². The van der Waals surface area contributed by atoms with E-state index in [-0.39, 0.29) is 12.5 Å². The zero-order valence-electron chi connectivity index (χ0n) is 12.6. The van der Waals surface area contributed by atoms with Gasteiger partial charge in [0.1, 0.15) is 6.61 Å². The van der Waals surface area contributed by atoms with Gasteiger partial charge in [0.2, 0.25) is 0 Å². The molecule has 0 heterocycles. The van der Waals surface area contributed by atoms with Crippen molar-refractivity contribution in [2.45, 2.75) is 18.9 Å². The first-order chi connectivity index (χ1) is 10.8. The second kappa shape index (κ2) is 8.67. The lowest BCUT2D eigenvalue weighted by molar-refractivity contribution is 0.139. The zero-order valence-corrected chi connectivity index (χ0v) is 12.6. The largest absolute Gasteiger partial charge is 0.445 e. The van der Waals surface area contributed by atoms with E-state index < -0.39 is 6.09 Å². The lowest BCUT2D eigenvalue weighted by Gasteiger charge is -2.16. The monoisotopic (exact) mass is 295 g/mol.